The van der Waals surface area contributed by atoms with Crippen molar-refractivity contribution >= 4 is 0 Å². The van der Waals surface area contributed by atoms with E-state index in [-0.39, 0.29) is 0 Å². The number of hydrogen-bond donors (Lipinski definition) is 0. The highest BCUT2D eigenvalue weighted by Gasteiger charge is 2.44. The molecule has 0 fully saturated rings. The van der Waals surface area contributed by atoms with E-state index < -0.39 is 0 Å². The summed E-state index contributed by atoms with van der Waals surface area (Å²) in [5.41, 5.74) is 2.16. The lowest BCUT2D eigenvalue weighted by Gasteiger charge is -2.50. The molecule has 14 heavy (non-hydrogen) atoms. The van der Waals surface area contributed by atoms with Gasteiger partial charge in [0.1, 0.15) is 0 Å². The summed E-state index contributed by atoms with van der Waals surface area (Å²) >= 11 is 0. The van der Waals surface area contributed by atoms with Gasteiger partial charge in [-0.2, -0.15) is 0 Å². The molecule has 80 valence electrons. The number of allylic oxidation sites excluding steroid dienone is 3. The smallest absolute Gasteiger partial charge is 0.0000726 e. The second kappa shape index (κ2) is 3.25. The summed E-state index contributed by atoms with van der Waals surface area (Å²) in [5, 5.41) is 0. The average molecular weight is 192 g/mol. The van der Waals surface area contributed by atoms with E-state index in [0.717, 1.165) is 0 Å². The molecule has 0 N–H and O–H groups in total. The van der Waals surface area contributed by atoms with E-state index in [2.05, 4.69) is 60.3 Å². The van der Waals surface area contributed by atoms with Crippen LogP contribution in [-0.2, 0) is 0 Å². The van der Waals surface area contributed by atoms with E-state index in [1.807, 2.05) is 0 Å². The average Bonchev–Trinajstić information content (AvgIpc) is 2.09. The van der Waals surface area contributed by atoms with Crippen molar-refractivity contribution in [3.05, 3.63) is 24.3 Å². The predicted molar refractivity (Wildman–Crippen MR) is 64.2 cm³/mol. The minimum Gasteiger partial charge on any atom is -0.102 e. The van der Waals surface area contributed by atoms with Gasteiger partial charge in [0.05, 0.1) is 0 Å². The topological polar surface area (TPSA) is 0 Å². The van der Waals surface area contributed by atoms with Gasteiger partial charge in [-0.1, -0.05) is 52.3 Å². The largest absolute Gasteiger partial charge is 0.102 e. The molecule has 1 aliphatic rings. The van der Waals surface area contributed by atoms with Gasteiger partial charge < -0.3 is 0 Å². The van der Waals surface area contributed by atoms with Crippen molar-refractivity contribution in [2.75, 3.05) is 0 Å². The van der Waals surface area contributed by atoms with E-state index in [1.165, 1.54) is 5.57 Å². The highest BCUT2D eigenvalue weighted by atomic mass is 14.5. The molecule has 0 spiro atoms. The van der Waals surface area contributed by atoms with Gasteiger partial charge in [-0.05, 0) is 23.7 Å². The Morgan fingerprint density at radius 2 is 1.79 bits per heavy atom. The molecule has 0 aromatic carbocycles. The van der Waals surface area contributed by atoms with Crippen molar-refractivity contribution in [1.82, 2.24) is 0 Å². The van der Waals surface area contributed by atoms with Crippen LogP contribution in [0.3, 0.4) is 0 Å². The molecular weight excluding hydrogens is 168 g/mol. The summed E-state index contributed by atoms with van der Waals surface area (Å²) in [4.78, 5) is 0. The molecule has 2 unspecified atom stereocenters. The van der Waals surface area contributed by atoms with Crippen LogP contribution in [-0.4, -0.2) is 0 Å². The molecule has 0 saturated heterocycles. The summed E-state index contributed by atoms with van der Waals surface area (Å²) < 4.78 is 0. The van der Waals surface area contributed by atoms with E-state index >= 15 is 0 Å². The second-order valence-corrected chi connectivity index (χ2v) is 5.88. The van der Waals surface area contributed by atoms with Crippen LogP contribution in [0.5, 0.6) is 0 Å². The van der Waals surface area contributed by atoms with Crippen LogP contribution in [0.1, 0.15) is 41.5 Å². The van der Waals surface area contributed by atoms with Crippen LogP contribution < -0.4 is 0 Å². The van der Waals surface area contributed by atoms with Gasteiger partial charge in [-0.25, -0.2) is 0 Å². The Bertz CT molecular complexity index is 266. The molecule has 0 saturated carbocycles. The van der Waals surface area contributed by atoms with Gasteiger partial charge in [-0.15, -0.1) is 6.58 Å². The molecule has 1 aliphatic carbocycles. The van der Waals surface area contributed by atoms with Gasteiger partial charge in [0.2, 0.25) is 0 Å². The summed E-state index contributed by atoms with van der Waals surface area (Å²) in [6, 6.07) is 0. The first-order valence-corrected chi connectivity index (χ1v) is 5.56. The quantitative estimate of drug-likeness (QED) is 0.539. The van der Waals surface area contributed by atoms with Crippen LogP contribution in [0.4, 0.5) is 0 Å². The van der Waals surface area contributed by atoms with Gasteiger partial charge in [0.15, 0.2) is 0 Å². The minimum atomic E-state index is 0.322. The van der Waals surface area contributed by atoms with E-state index in [0.29, 0.717) is 22.7 Å². The van der Waals surface area contributed by atoms with Crippen LogP contribution >= 0.6 is 0 Å². The lowest BCUT2D eigenvalue weighted by Crippen LogP contribution is -2.42. The maximum Gasteiger partial charge on any atom is 0.0000726 e. The van der Waals surface area contributed by atoms with Crippen molar-refractivity contribution in [3.63, 3.8) is 0 Å². The normalized spacial score (nSPS) is 34.9. The molecule has 2 atom stereocenters. The number of rotatable bonds is 1. The summed E-state index contributed by atoms with van der Waals surface area (Å²) in [6.45, 7) is 18.0. The van der Waals surface area contributed by atoms with Crippen molar-refractivity contribution in [2.45, 2.75) is 41.5 Å². The van der Waals surface area contributed by atoms with E-state index in [9.17, 15) is 0 Å². The fourth-order valence-corrected chi connectivity index (χ4v) is 2.63. The zero-order valence-electron chi connectivity index (χ0n) is 10.5. The van der Waals surface area contributed by atoms with E-state index in [4.69, 9.17) is 0 Å². The fraction of sp³-hybridized carbons (Fsp3) is 0.714. The maximum absolute atomic E-state index is 3.95. The third kappa shape index (κ3) is 1.45. The summed E-state index contributed by atoms with van der Waals surface area (Å²) in [7, 11) is 0. The van der Waals surface area contributed by atoms with Crippen LogP contribution in [0.25, 0.3) is 0 Å². The lowest BCUT2D eigenvalue weighted by molar-refractivity contribution is 0.0739. The second-order valence-electron chi connectivity index (χ2n) is 5.88. The van der Waals surface area contributed by atoms with Crippen LogP contribution in [0, 0.1) is 22.7 Å². The van der Waals surface area contributed by atoms with Crippen molar-refractivity contribution in [1.29, 1.82) is 0 Å². The highest BCUT2D eigenvalue weighted by molar-refractivity contribution is 5.23. The van der Waals surface area contributed by atoms with Gasteiger partial charge in [0, 0.05) is 5.92 Å². The SMILES string of the molecule is C=CC1C=C(C)C(C)(C)C(C)C1(C)C. The van der Waals surface area contributed by atoms with Gasteiger partial charge in [-0.3, -0.25) is 0 Å². The first kappa shape index (κ1) is 11.6. The molecule has 0 amide bonds. The Balaban J connectivity index is 3.22. The van der Waals surface area contributed by atoms with Crippen molar-refractivity contribution in [3.8, 4) is 0 Å². The zero-order valence-corrected chi connectivity index (χ0v) is 10.5. The van der Waals surface area contributed by atoms with Crippen molar-refractivity contribution < 1.29 is 0 Å². The molecular formula is C14H24. The van der Waals surface area contributed by atoms with E-state index in [1.54, 1.807) is 0 Å². The van der Waals surface area contributed by atoms with Gasteiger partial charge in [0.25, 0.3) is 0 Å². The van der Waals surface area contributed by atoms with Gasteiger partial charge >= 0.3 is 0 Å². The molecule has 0 aromatic heterocycles. The minimum absolute atomic E-state index is 0.322. The number of hydrogen-bond acceptors (Lipinski definition) is 0. The molecule has 0 radical (unpaired) electrons. The Morgan fingerprint density at radius 1 is 1.29 bits per heavy atom. The summed E-state index contributed by atoms with van der Waals surface area (Å²) in [6.07, 6.45) is 4.49. The van der Waals surface area contributed by atoms with Crippen LogP contribution in [0.2, 0.25) is 0 Å². The molecule has 0 aromatic rings. The molecule has 0 bridgehead atoms. The van der Waals surface area contributed by atoms with Crippen molar-refractivity contribution in [2.24, 2.45) is 22.7 Å². The fourth-order valence-electron chi connectivity index (χ4n) is 2.63. The molecule has 0 heteroatoms. The molecule has 0 heterocycles. The Labute approximate surface area is 89.1 Å². The monoisotopic (exact) mass is 192 g/mol. The first-order valence-electron chi connectivity index (χ1n) is 5.56. The molecule has 0 aliphatic heterocycles. The highest BCUT2D eigenvalue weighted by Crippen LogP contribution is 2.53. The molecule has 0 nitrogen and oxygen atoms in total. The predicted octanol–water partition coefficient (Wildman–Crippen LogP) is 4.44. The Morgan fingerprint density at radius 3 is 2.21 bits per heavy atom. The first-order chi connectivity index (χ1) is 6.24. The standard InChI is InChI=1S/C14H24/c1-8-12-9-10(2)13(4,5)11(3)14(12,6)7/h8-9,11-12H,1H2,2-7H3. The third-order valence-corrected chi connectivity index (χ3v) is 4.76. The lowest BCUT2D eigenvalue weighted by atomic mass is 9.54. The maximum atomic E-state index is 3.95. The van der Waals surface area contributed by atoms with Crippen LogP contribution in [0.15, 0.2) is 24.3 Å². The zero-order chi connectivity index (χ0) is 11.1. The third-order valence-electron chi connectivity index (χ3n) is 4.76. The Hall–Kier alpha value is -0.520. The Kier molecular flexibility index (Phi) is 2.69. The molecule has 1 rings (SSSR count). The summed E-state index contributed by atoms with van der Waals surface area (Å²) in [5.74, 6) is 1.20.